The standard InChI is InChI=1S/C15H23F6N2O4S2/c1-3-4-5-6-7-8-9-23-11-10-22(2)12(23)13(28(24,25)14(16,17)18)29(26,27)15(19,20)21/h10-11,13H,3-9H2,1-2H3/q+1. The molecule has 0 bridgehead atoms. The van der Waals surface area contributed by atoms with Gasteiger partial charge in [0, 0.05) is 0 Å². The molecule has 1 rings (SSSR count). The summed E-state index contributed by atoms with van der Waals surface area (Å²) in [5.41, 5.74) is -12.4. The van der Waals surface area contributed by atoms with E-state index in [2.05, 4.69) is 0 Å². The lowest BCUT2D eigenvalue weighted by Gasteiger charge is -2.19. The van der Waals surface area contributed by atoms with Crippen LogP contribution in [0.15, 0.2) is 12.4 Å². The van der Waals surface area contributed by atoms with Crippen LogP contribution in [-0.2, 0) is 33.3 Å². The minimum absolute atomic E-state index is 0.125. The van der Waals surface area contributed by atoms with Crippen LogP contribution < -0.4 is 4.57 Å². The molecule has 6 nitrogen and oxygen atoms in total. The molecule has 170 valence electrons. The first kappa shape index (κ1) is 25.7. The number of imidazole rings is 1. The predicted octanol–water partition coefficient (Wildman–Crippen LogP) is 3.54. The fourth-order valence-electron chi connectivity index (χ4n) is 2.78. The van der Waals surface area contributed by atoms with Gasteiger partial charge in [-0.25, -0.2) is 26.0 Å². The summed E-state index contributed by atoms with van der Waals surface area (Å²) in [4.78, 5) is 0. The number of unbranched alkanes of at least 4 members (excludes halogenated alkanes) is 5. The van der Waals surface area contributed by atoms with Crippen molar-refractivity contribution in [3.8, 4) is 0 Å². The quantitative estimate of drug-likeness (QED) is 0.296. The average Bonchev–Trinajstić information content (AvgIpc) is 2.89. The van der Waals surface area contributed by atoms with E-state index in [0.29, 0.717) is 17.4 Å². The molecule has 0 fully saturated rings. The molecule has 1 aromatic rings. The van der Waals surface area contributed by atoms with E-state index in [-0.39, 0.29) is 6.54 Å². The van der Waals surface area contributed by atoms with Gasteiger partial charge in [0.05, 0.1) is 13.6 Å². The molecule has 0 amide bonds. The molecule has 0 aliphatic rings. The van der Waals surface area contributed by atoms with Crippen LogP contribution in [0, 0.1) is 0 Å². The molecule has 0 aliphatic heterocycles. The van der Waals surface area contributed by atoms with Crippen LogP contribution in [0.2, 0.25) is 0 Å². The molecule has 29 heavy (non-hydrogen) atoms. The monoisotopic (exact) mass is 473 g/mol. The molecule has 1 aromatic heterocycles. The molecule has 0 unspecified atom stereocenters. The van der Waals surface area contributed by atoms with Crippen molar-refractivity contribution in [1.82, 2.24) is 4.57 Å². The van der Waals surface area contributed by atoms with Gasteiger partial charge >= 0.3 is 11.0 Å². The zero-order valence-corrected chi connectivity index (χ0v) is 17.4. The number of halogens is 6. The fraction of sp³-hybridized carbons (Fsp3) is 0.800. The van der Waals surface area contributed by atoms with E-state index in [1.165, 1.54) is 0 Å². The molecule has 0 radical (unpaired) electrons. The Hall–Kier alpha value is -1.31. The molecule has 0 spiro atoms. The Bertz CT molecular complexity index is 845. The minimum atomic E-state index is -6.74. The Morgan fingerprint density at radius 3 is 1.79 bits per heavy atom. The van der Waals surface area contributed by atoms with Crippen LogP contribution in [0.1, 0.15) is 55.9 Å². The third-order valence-corrected chi connectivity index (χ3v) is 8.66. The van der Waals surface area contributed by atoms with Crippen molar-refractivity contribution < 1.29 is 47.7 Å². The summed E-state index contributed by atoms with van der Waals surface area (Å²) in [7, 11) is -12.5. The van der Waals surface area contributed by atoms with Gasteiger partial charge in [-0.1, -0.05) is 32.6 Å². The SMILES string of the molecule is CCCCCCCCn1cc[n+](C)c1C(S(=O)(=O)C(F)(F)F)S(=O)(=O)C(F)(F)F. The van der Waals surface area contributed by atoms with Crippen LogP contribution >= 0.6 is 0 Å². The second-order valence-electron chi connectivity index (χ2n) is 6.54. The average molecular weight is 473 g/mol. The van der Waals surface area contributed by atoms with E-state index >= 15 is 0 Å². The first-order valence-electron chi connectivity index (χ1n) is 8.74. The number of aromatic nitrogens is 2. The summed E-state index contributed by atoms with van der Waals surface area (Å²) >= 11 is 0. The summed E-state index contributed by atoms with van der Waals surface area (Å²) in [5, 5.41) is 0. The van der Waals surface area contributed by atoms with E-state index in [9.17, 15) is 43.2 Å². The Labute approximate surface area is 165 Å². The zero-order valence-electron chi connectivity index (χ0n) is 15.8. The zero-order chi connectivity index (χ0) is 22.7. The van der Waals surface area contributed by atoms with Crippen molar-refractivity contribution in [3.63, 3.8) is 0 Å². The Kier molecular flexibility index (Phi) is 8.19. The smallest absolute Gasteiger partial charge is 0.235 e. The van der Waals surface area contributed by atoms with Gasteiger partial charge in [-0.15, -0.1) is 0 Å². The molecule has 0 saturated carbocycles. The Morgan fingerprint density at radius 1 is 0.897 bits per heavy atom. The number of aryl methyl sites for hydroxylation is 2. The number of alkyl halides is 6. The number of sulfone groups is 2. The molecule has 0 N–H and O–H groups in total. The molecule has 0 aromatic carbocycles. The van der Waals surface area contributed by atoms with Crippen molar-refractivity contribution in [3.05, 3.63) is 18.2 Å². The van der Waals surface area contributed by atoms with Gasteiger partial charge in [0.15, 0.2) is 0 Å². The van der Waals surface area contributed by atoms with Crippen molar-refractivity contribution in [1.29, 1.82) is 0 Å². The van der Waals surface area contributed by atoms with Gasteiger partial charge in [0.2, 0.25) is 0 Å². The van der Waals surface area contributed by atoms with Crippen molar-refractivity contribution >= 4 is 19.7 Å². The minimum Gasteiger partial charge on any atom is -0.235 e. The van der Waals surface area contributed by atoms with E-state index in [4.69, 9.17) is 0 Å². The fourth-order valence-corrected chi connectivity index (χ4v) is 6.41. The highest BCUT2D eigenvalue weighted by Crippen LogP contribution is 2.44. The third kappa shape index (κ3) is 5.64. The van der Waals surface area contributed by atoms with E-state index < -0.39 is 41.1 Å². The van der Waals surface area contributed by atoms with Gasteiger partial charge in [0.1, 0.15) is 12.4 Å². The third-order valence-electron chi connectivity index (χ3n) is 4.30. The maximum Gasteiger partial charge on any atom is 0.499 e. The highest BCUT2D eigenvalue weighted by Gasteiger charge is 2.67. The summed E-state index contributed by atoms with van der Waals surface area (Å²) in [6.07, 6.45) is 6.63. The molecule has 1 heterocycles. The summed E-state index contributed by atoms with van der Waals surface area (Å²) in [6, 6.07) is 0. The van der Waals surface area contributed by atoms with Gasteiger partial charge in [0.25, 0.3) is 30.1 Å². The lowest BCUT2D eigenvalue weighted by Crippen LogP contribution is -2.46. The van der Waals surface area contributed by atoms with Crippen molar-refractivity contribution in [2.45, 2.75) is 67.6 Å². The second kappa shape index (κ2) is 9.23. The first-order chi connectivity index (χ1) is 13.1. The van der Waals surface area contributed by atoms with Gasteiger partial charge in [-0.3, -0.25) is 0 Å². The van der Waals surface area contributed by atoms with E-state index in [1.807, 2.05) is 6.92 Å². The maximum absolute atomic E-state index is 13.0. The van der Waals surface area contributed by atoms with Crippen LogP contribution in [-0.4, -0.2) is 32.4 Å². The largest absolute Gasteiger partial charge is 0.499 e. The van der Waals surface area contributed by atoms with Crippen molar-refractivity contribution in [2.24, 2.45) is 7.05 Å². The molecule has 14 heteroatoms. The Balaban J connectivity index is 3.41. The van der Waals surface area contributed by atoms with Gasteiger partial charge in [-0.05, 0) is 12.8 Å². The van der Waals surface area contributed by atoms with Crippen LogP contribution in [0.3, 0.4) is 0 Å². The first-order valence-corrected chi connectivity index (χ1v) is 11.8. The van der Waals surface area contributed by atoms with Crippen LogP contribution in [0.4, 0.5) is 26.3 Å². The van der Waals surface area contributed by atoms with E-state index in [0.717, 1.165) is 49.7 Å². The lowest BCUT2D eigenvalue weighted by atomic mass is 10.1. The molecule has 0 atom stereocenters. The summed E-state index contributed by atoms with van der Waals surface area (Å²) < 4.78 is 123. The maximum atomic E-state index is 13.0. The highest BCUT2D eigenvalue weighted by atomic mass is 32.3. The summed E-state index contributed by atoms with van der Waals surface area (Å²) in [6.45, 7) is 1.87. The number of rotatable bonds is 10. The van der Waals surface area contributed by atoms with Crippen LogP contribution in [0.25, 0.3) is 0 Å². The topological polar surface area (TPSA) is 77.1 Å². The molecule has 0 aliphatic carbocycles. The second-order valence-corrected chi connectivity index (χ2v) is 10.9. The molecular formula is C15H23F6N2O4S2+. The number of hydrogen-bond acceptors (Lipinski definition) is 4. The van der Waals surface area contributed by atoms with E-state index in [1.54, 1.807) is 0 Å². The van der Waals surface area contributed by atoms with Gasteiger partial charge in [-0.2, -0.15) is 26.3 Å². The lowest BCUT2D eigenvalue weighted by molar-refractivity contribution is -0.678. The van der Waals surface area contributed by atoms with Gasteiger partial charge < -0.3 is 0 Å². The summed E-state index contributed by atoms with van der Waals surface area (Å²) in [5.74, 6) is -1.12. The highest BCUT2D eigenvalue weighted by molar-refractivity contribution is 8.09. The van der Waals surface area contributed by atoms with Crippen LogP contribution in [0.5, 0.6) is 0 Å². The molecular weight excluding hydrogens is 450 g/mol. The Morgan fingerprint density at radius 2 is 1.34 bits per heavy atom. The van der Waals surface area contributed by atoms with Crippen molar-refractivity contribution in [2.75, 3.05) is 0 Å². The predicted molar refractivity (Wildman–Crippen MR) is 91.7 cm³/mol. The normalized spacial score (nSPS) is 14.0. The number of nitrogens with zero attached hydrogens (tertiary/aromatic N) is 2. The molecule has 0 saturated heterocycles. The number of hydrogen-bond donors (Lipinski definition) is 0.